The number of carbonyl (C=O) groups excluding carboxylic acids is 1. The Kier molecular flexibility index (Phi) is 6.32. The average Bonchev–Trinajstić information content (AvgIpc) is 1.71. The number of aldehydes is 1. The zero-order valence-electron chi connectivity index (χ0n) is 6.06. The van der Waals surface area contributed by atoms with E-state index in [2.05, 4.69) is 5.73 Å². The standard InChI is InChI=1S/C5H10O.CH5N/c1-5(2,3)4-6;1-2/h4H,1-3H3;2H2,1H3. The van der Waals surface area contributed by atoms with Crippen LogP contribution >= 0.6 is 0 Å². The first kappa shape index (κ1) is 10.6. The van der Waals surface area contributed by atoms with Gasteiger partial charge in [0.1, 0.15) is 6.29 Å². The van der Waals surface area contributed by atoms with Crippen LogP contribution in [-0.2, 0) is 4.79 Å². The predicted octanol–water partition coefficient (Wildman–Crippen LogP) is 0.806. The van der Waals surface area contributed by atoms with E-state index in [4.69, 9.17) is 0 Å². The molecule has 50 valence electrons. The molecule has 8 heavy (non-hydrogen) atoms. The Morgan fingerprint density at radius 1 is 1.25 bits per heavy atom. The number of hydrogen-bond donors (Lipinski definition) is 1. The lowest BCUT2D eigenvalue weighted by atomic mass is 10.0. The van der Waals surface area contributed by atoms with Crippen LogP contribution in [0.4, 0.5) is 0 Å². The van der Waals surface area contributed by atoms with Crippen molar-refractivity contribution in [3.63, 3.8) is 0 Å². The maximum Gasteiger partial charge on any atom is 0.125 e. The van der Waals surface area contributed by atoms with Gasteiger partial charge in [0.05, 0.1) is 0 Å². The summed E-state index contributed by atoms with van der Waals surface area (Å²) in [6.45, 7) is 5.62. The fraction of sp³-hybridized carbons (Fsp3) is 0.833. The SMILES string of the molecule is CC(C)(C)C=O.CN. The molecule has 2 heteroatoms. The van der Waals surface area contributed by atoms with Gasteiger partial charge in [-0.25, -0.2) is 0 Å². The van der Waals surface area contributed by atoms with E-state index in [1.54, 1.807) is 0 Å². The van der Waals surface area contributed by atoms with Crippen LogP contribution < -0.4 is 5.73 Å². The smallest absolute Gasteiger partial charge is 0.125 e. The third-order valence-electron chi connectivity index (χ3n) is 0.354. The fourth-order valence-electron chi connectivity index (χ4n) is 0. The van der Waals surface area contributed by atoms with Crippen molar-refractivity contribution < 1.29 is 4.79 Å². The molecule has 0 aromatic carbocycles. The van der Waals surface area contributed by atoms with Gasteiger partial charge in [-0.3, -0.25) is 0 Å². The Balaban J connectivity index is 0. The molecule has 0 aliphatic rings. The summed E-state index contributed by atoms with van der Waals surface area (Å²) in [7, 11) is 1.50. The molecule has 0 atom stereocenters. The summed E-state index contributed by atoms with van der Waals surface area (Å²) in [6.07, 6.45) is 0.938. The normalized spacial score (nSPS) is 9.12. The van der Waals surface area contributed by atoms with Gasteiger partial charge in [0.2, 0.25) is 0 Å². The molecule has 0 rings (SSSR count). The van der Waals surface area contributed by atoms with Crippen LogP contribution in [0.15, 0.2) is 0 Å². The molecular weight excluding hydrogens is 102 g/mol. The van der Waals surface area contributed by atoms with Crippen LogP contribution in [0.25, 0.3) is 0 Å². The number of hydrogen-bond acceptors (Lipinski definition) is 2. The third kappa shape index (κ3) is 17.4. The summed E-state index contributed by atoms with van der Waals surface area (Å²) in [6, 6.07) is 0. The molecule has 0 bridgehead atoms. The molecule has 2 nitrogen and oxygen atoms in total. The summed E-state index contributed by atoms with van der Waals surface area (Å²) in [5.74, 6) is 0. The van der Waals surface area contributed by atoms with Crippen LogP contribution in [-0.4, -0.2) is 13.3 Å². The number of rotatable bonds is 0. The first-order valence-electron chi connectivity index (χ1n) is 2.60. The molecule has 0 spiro atoms. The first-order chi connectivity index (χ1) is 3.56. The van der Waals surface area contributed by atoms with Crippen LogP contribution in [0.3, 0.4) is 0 Å². The van der Waals surface area contributed by atoms with E-state index in [9.17, 15) is 4.79 Å². The van der Waals surface area contributed by atoms with Crippen LogP contribution in [0, 0.1) is 5.41 Å². The van der Waals surface area contributed by atoms with Gasteiger partial charge in [0.15, 0.2) is 0 Å². The lowest BCUT2D eigenvalue weighted by Crippen LogP contribution is -2.04. The van der Waals surface area contributed by atoms with Crippen molar-refractivity contribution in [1.29, 1.82) is 0 Å². The summed E-state index contributed by atoms with van der Waals surface area (Å²) in [5.41, 5.74) is 4.36. The van der Waals surface area contributed by atoms with E-state index in [0.29, 0.717) is 0 Å². The molecule has 0 radical (unpaired) electrons. The van der Waals surface area contributed by atoms with E-state index in [1.807, 2.05) is 20.8 Å². The maximum atomic E-state index is 9.83. The Morgan fingerprint density at radius 3 is 1.38 bits per heavy atom. The summed E-state index contributed by atoms with van der Waals surface area (Å²) in [5, 5.41) is 0. The van der Waals surface area contributed by atoms with Crippen molar-refractivity contribution in [3.8, 4) is 0 Å². The van der Waals surface area contributed by atoms with Crippen molar-refractivity contribution in [3.05, 3.63) is 0 Å². The third-order valence-corrected chi connectivity index (χ3v) is 0.354. The topological polar surface area (TPSA) is 43.1 Å². The van der Waals surface area contributed by atoms with Gasteiger partial charge in [0.25, 0.3) is 0 Å². The Bertz CT molecular complexity index is 54.0. The molecule has 0 aromatic rings. The second-order valence-electron chi connectivity index (χ2n) is 2.48. The maximum absolute atomic E-state index is 9.83. The molecule has 0 aliphatic carbocycles. The zero-order chi connectivity index (χ0) is 7.21. The highest BCUT2D eigenvalue weighted by molar-refractivity contribution is 5.56. The van der Waals surface area contributed by atoms with E-state index >= 15 is 0 Å². The minimum absolute atomic E-state index is 0.139. The van der Waals surface area contributed by atoms with Crippen LogP contribution in [0.1, 0.15) is 20.8 Å². The lowest BCUT2D eigenvalue weighted by molar-refractivity contribution is -0.113. The van der Waals surface area contributed by atoms with Crippen molar-refractivity contribution in [2.45, 2.75) is 20.8 Å². The van der Waals surface area contributed by atoms with Gasteiger partial charge in [-0.2, -0.15) is 0 Å². The van der Waals surface area contributed by atoms with Gasteiger partial charge < -0.3 is 10.5 Å². The molecule has 0 unspecified atom stereocenters. The first-order valence-corrected chi connectivity index (χ1v) is 2.60. The van der Waals surface area contributed by atoms with Gasteiger partial charge in [0, 0.05) is 5.41 Å². The Labute approximate surface area is 51.1 Å². The number of carbonyl (C=O) groups is 1. The zero-order valence-corrected chi connectivity index (χ0v) is 6.06. The van der Waals surface area contributed by atoms with Crippen molar-refractivity contribution in [2.75, 3.05) is 7.05 Å². The second-order valence-corrected chi connectivity index (χ2v) is 2.48. The van der Waals surface area contributed by atoms with E-state index in [-0.39, 0.29) is 5.41 Å². The molecule has 0 aromatic heterocycles. The van der Waals surface area contributed by atoms with E-state index in [1.165, 1.54) is 7.05 Å². The molecule has 0 saturated heterocycles. The molecule has 2 N–H and O–H groups in total. The van der Waals surface area contributed by atoms with Gasteiger partial charge in [-0.1, -0.05) is 20.8 Å². The second kappa shape index (κ2) is 4.78. The highest BCUT2D eigenvalue weighted by Gasteiger charge is 2.04. The summed E-state index contributed by atoms with van der Waals surface area (Å²) >= 11 is 0. The lowest BCUT2D eigenvalue weighted by Gasteiger charge is -2.03. The minimum Gasteiger partial charge on any atom is -0.333 e. The molecule has 0 aliphatic heterocycles. The monoisotopic (exact) mass is 117 g/mol. The molecular formula is C6H15NO. The average molecular weight is 117 g/mol. The predicted molar refractivity (Wildman–Crippen MR) is 35.6 cm³/mol. The van der Waals surface area contributed by atoms with Crippen LogP contribution in [0.2, 0.25) is 0 Å². The van der Waals surface area contributed by atoms with Gasteiger partial charge in [-0.05, 0) is 7.05 Å². The largest absolute Gasteiger partial charge is 0.333 e. The summed E-state index contributed by atoms with van der Waals surface area (Å²) in [4.78, 5) is 9.83. The highest BCUT2D eigenvalue weighted by atomic mass is 16.1. The quantitative estimate of drug-likeness (QED) is 0.477. The summed E-state index contributed by atoms with van der Waals surface area (Å²) < 4.78 is 0. The Morgan fingerprint density at radius 2 is 1.38 bits per heavy atom. The van der Waals surface area contributed by atoms with Gasteiger partial charge in [-0.15, -0.1) is 0 Å². The molecule has 0 fully saturated rings. The Hall–Kier alpha value is -0.370. The van der Waals surface area contributed by atoms with E-state index < -0.39 is 0 Å². The van der Waals surface area contributed by atoms with Gasteiger partial charge >= 0.3 is 0 Å². The number of nitrogens with two attached hydrogens (primary N) is 1. The molecule has 0 heterocycles. The van der Waals surface area contributed by atoms with Crippen molar-refractivity contribution in [2.24, 2.45) is 11.1 Å². The van der Waals surface area contributed by atoms with Crippen LogP contribution in [0.5, 0.6) is 0 Å². The molecule has 0 amide bonds. The highest BCUT2D eigenvalue weighted by Crippen LogP contribution is 2.05. The molecule has 0 saturated carbocycles. The van der Waals surface area contributed by atoms with E-state index in [0.717, 1.165) is 6.29 Å². The van der Waals surface area contributed by atoms with Crippen molar-refractivity contribution >= 4 is 6.29 Å². The fourth-order valence-corrected chi connectivity index (χ4v) is 0. The minimum atomic E-state index is -0.139. The van der Waals surface area contributed by atoms with Crippen molar-refractivity contribution in [1.82, 2.24) is 0 Å².